The SMILES string of the molecule is CCN(CC)C(=O)CN1CCC(C(=O)NCCCOC)CC1. The third-order valence-corrected chi connectivity index (χ3v) is 4.26. The van der Waals surface area contributed by atoms with Crippen LogP contribution in [0.25, 0.3) is 0 Å². The van der Waals surface area contributed by atoms with Crippen LogP contribution in [-0.2, 0) is 14.3 Å². The molecule has 1 saturated heterocycles. The monoisotopic (exact) mass is 313 g/mol. The fourth-order valence-electron chi connectivity index (χ4n) is 2.79. The van der Waals surface area contributed by atoms with Crippen LogP contribution in [0.5, 0.6) is 0 Å². The van der Waals surface area contributed by atoms with Gasteiger partial charge in [0.25, 0.3) is 0 Å². The molecule has 0 saturated carbocycles. The van der Waals surface area contributed by atoms with Crippen LogP contribution in [0.2, 0.25) is 0 Å². The van der Waals surface area contributed by atoms with Crippen LogP contribution in [-0.4, -0.2) is 74.6 Å². The molecule has 6 nitrogen and oxygen atoms in total. The van der Waals surface area contributed by atoms with E-state index in [1.807, 2.05) is 18.7 Å². The van der Waals surface area contributed by atoms with E-state index < -0.39 is 0 Å². The smallest absolute Gasteiger partial charge is 0.236 e. The Morgan fingerprint density at radius 3 is 2.41 bits per heavy atom. The summed E-state index contributed by atoms with van der Waals surface area (Å²) in [4.78, 5) is 28.1. The van der Waals surface area contributed by atoms with E-state index >= 15 is 0 Å². The summed E-state index contributed by atoms with van der Waals surface area (Å²) in [5, 5.41) is 2.97. The first-order chi connectivity index (χ1) is 10.6. The van der Waals surface area contributed by atoms with Gasteiger partial charge in [0, 0.05) is 39.3 Å². The fourth-order valence-corrected chi connectivity index (χ4v) is 2.79. The molecule has 6 heteroatoms. The lowest BCUT2D eigenvalue weighted by Crippen LogP contribution is -2.45. The minimum absolute atomic E-state index is 0.0855. The molecule has 0 atom stereocenters. The summed E-state index contributed by atoms with van der Waals surface area (Å²) in [5.74, 6) is 0.417. The molecule has 22 heavy (non-hydrogen) atoms. The summed E-state index contributed by atoms with van der Waals surface area (Å²) in [6.45, 7) is 8.99. The Balaban J connectivity index is 2.25. The Labute approximate surface area is 134 Å². The first-order valence-corrected chi connectivity index (χ1v) is 8.39. The number of rotatable bonds is 9. The van der Waals surface area contributed by atoms with Crippen LogP contribution < -0.4 is 5.32 Å². The molecule has 1 heterocycles. The minimum Gasteiger partial charge on any atom is -0.385 e. The number of likely N-dealkylation sites (N-methyl/N-ethyl adjacent to an activating group) is 1. The normalized spacial score (nSPS) is 16.5. The molecule has 1 fully saturated rings. The van der Waals surface area contributed by atoms with Crippen LogP contribution in [0.1, 0.15) is 33.1 Å². The first kappa shape index (κ1) is 18.9. The van der Waals surface area contributed by atoms with Crippen molar-refractivity contribution >= 4 is 11.8 Å². The largest absolute Gasteiger partial charge is 0.385 e. The van der Waals surface area contributed by atoms with Crippen LogP contribution in [0.15, 0.2) is 0 Å². The van der Waals surface area contributed by atoms with E-state index in [0.29, 0.717) is 19.7 Å². The van der Waals surface area contributed by atoms with Gasteiger partial charge in [0.15, 0.2) is 0 Å². The van der Waals surface area contributed by atoms with Crippen molar-refractivity contribution in [1.82, 2.24) is 15.1 Å². The second-order valence-electron chi connectivity index (χ2n) is 5.75. The predicted octanol–water partition coefficient (Wildman–Crippen LogP) is 0.720. The number of piperidine rings is 1. The van der Waals surface area contributed by atoms with E-state index in [1.165, 1.54) is 0 Å². The molecule has 0 aliphatic carbocycles. The maximum absolute atomic E-state index is 12.1. The third-order valence-electron chi connectivity index (χ3n) is 4.26. The molecule has 0 unspecified atom stereocenters. The van der Waals surface area contributed by atoms with Crippen molar-refractivity contribution in [3.05, 3.63) is 0 Å². The zero-order valence-corrected chi connectivity index (χ0v) is 14.3. The highest BCUT2D eigenvalue weighted by atomic mass is 16.5. The van der Waals surface area contributed by atoms with Crippen molar-refractivity contribution in [1.29, 1.82) is 0 Å². The van der Waals surface area contributed by atoms with Gasteiger partial charge in [-0.05, 0) is 46.2 Å². The van der Waals surface area contributed by atoms with Crippen molar-refractivity contribution in [3.63, 3.8) is 0 Å². The van der Waals surface area contributed by atoms with Crippen LogP contribution >= 0.6 is 0 Å². The Bertz CT molecular complexity index is 338. The fraction of sp³-hybridized carbons (Fsp3) is 0.875. The topological polar surface area (TPSA) is 61.9 Å². The average Bonchev–Trinajstić information content (AvgIpc) is 2.53. The molecule has 128 valence electrons. The second-order valence-corrected chi connectivity index (χ2v) is 5.75. The molecule has 0 aromatic carbocycles. The van der Waals surface area contributed by atoms with Gasteiger partial charge in [-0.3, -0.25) is 14.5 Å². The number of ether oxygens (including phenoxy) is 1. The Hall–Kier alpha value is -1.14. The number of methoxy groups -OCH3 is 1. The number of likely N-dealkylation sites (tertiary alicyclic amines) is 1. The number of carbonyl (C=O) groups is 2. The number of hydrogen-bond donors (Lipinski definition) is 1. The van der Waals surface area contributed by atoms with E-state index in [0.717, 1.165) is 45.4 Å². The van der Waals surface area contributed by atoms with Gasteiger partial charge in [-0.1, -0.05) is 0 Å². The minimum atomic E-state index is 0.0855. The van der Waals surface area contributed by atoms with Crippen molar-refractivity contribution in [2.75, 3.05) is 53.0 Å². The van der Waals surface area contributed by atoms with E-state index in [-0.39, 0.29) is 17.7 Å². The van der Waals surface area contributed by atoms with Crippen LogP contribution in [0, 0.1) is 5.92 Å². The molecular formula is C16H31N3O3. The predicted molar refractivity (Wildman–Crippen MR) is 86.6 cm³/mol. The standard InChI is InChI=1S/C16H31N3O3/c1-4-19(5-2)15(20)13-18-10-7-14(8-11-18)16(21)17-9-6-12-22-3/h14H,4-13H2,1-3H3,(H,17,21). The van der Waals surface area contributed by atoms with E-state index in [1.54, 1.807) is 7.11 Å². The molecule has 0 aromatic rings. The lowest BCUT2D eigenvalue weighted by molar-refractivity contribution is -0.132. The van der Waals surface area contributed by atoms with Gasteiger partial charge in [-0.2, -0.15) is 0 Å². The molecule has 1 rings (SSSR count). The van der Waals surface area contributed by atoms with Gasteiger partial charge in [0.05, 0.1) is 6.54 Å². The van der Waals surface area contributed by atoms with Crippen molar-refractivity contribution in [2.24, 2.45) is 5.92 Å². The number of amides is 2. The summed E-state index contributed by atoms with van der Waals surface area (Å²) in [7, 11) is 1.66. The van der Waals surface area contributed by atoms with Gasteiger partial charge >= 0.3 is 0 Å². The second kappa shape index (κ2) is 10.6. The summed E-state index contributed by atoms with van der Waals surface area (Å²) in [6, 6.07) is 0. The van der Waals surface area contributed by atoms with Gasteiger partial charge in [-0.15, -0.1) is 0 Å². The van der Waals surface area contributed by atoms with Gasteiger partial charge < -0.3 is 15.0 Å². The molecular weight excluding hydrogens is 282 g/mol. The Morgan fingerprint density at radius 2 is 1.86 bits per heavy atom. The van der Waals surface area contributed by atoms with E-state index in [2.05, 4.69) is 10.2 Å². The molecule has 2 amide bonds. The summed E-state index contributed by atoms with van der Waals surface area (Å²) < 4.78 is 4.96. The molecule has 0 aromatic heterocycles. The van der Waals surface area contributed by atoms with Crippen molar-refractivity contribution in [2.45, 2.75) is 33.1 Å². The van der Waals surface area contributed by atoms with Gasteiger partial charge in [0.1, 0.15) is 0 Å². The summed E-state index contributed by atoms with van der Waals surface area (Å²) >= 11 is 0. The molecule has 0 radical (unpaired) electrons. The Morgan fingerprint density at radius 1 is 1.23 bits per heavy atom. The summed E-state index contributed by atoms with van der Waals surface area (Å²) in [6.07, 6.45) is 2.52. The average molecular weight is 313 g/mol. The van der Waals surface area contributed by atoms with Crippen LogP contribution in [0.4, 0.5) is 0 Å². The molecule has 0 bridgehead atoms. The highest BCUT2D eigenvalue weighted by Gasteiger charge is 2.26. The third kappa shape index (κ3) is 6.32. The summed E-state index contributed by atoms with van der Waals surface area (Å²) in [5.41, 5.74) is 0. The van der Waals surface area contributed by atoms with Gasteiger partial charge in [0.2, 0.25) is 11.8 Å². The van der Waals surface area contributed by atoms with Crippen molar-refractivity contribution < 1.29 is 14.3 Å². The number of carbonyl (C=O) groups excluding carboxylic acids is 2. The first-order valence-electron chi connectivity index (χ1n) is 8.39. The van der Waals surface area contributed by atoms with Crippen molar-refractivity contribution in [3.8, 4) is 0 Å². The maximum atomic E-state index is 12.1. The zero-order chi connectivity index (χ0) is 16.4. The number of hydrogen-bond acceptors (Lipinski definition) is 4. The number of nitrogens with one attached hydrogen (secondary N) is 1. The van der Waals surface area contributed by atoms with E-state index in [9.17, 15) is 9.59 Å². The lowest BCUT2D eigenvalue weighted by Gasteiger charge is -2.32. The molecule has 0 spiro atoms. The van der Waals surface area contributed by atoms with Crippen LogP contribution in [0.3, 0.4) is 0 Å². The maximum Gasteiger partial charge on any atom is 0.236 e. The highest BCUT2D eigenvalue weighted by Crippen LogP contribution is 2.17. The molecule has 1 aliphatic rings. The van der Waals surface area contributed by atoms with Gasteiger partial charge in [-0.25, -0.2) is 0 Å². The quantitative estimate of drug-likeness (QED) is 0.637. The zero-order valence-electron chi connectivity index (χ0n) is 14.3. The molecule has 1 N–H and O–H groups in total. The highest BCUT2D eigenvalue weighted by molar-refractivity contribution is 5.79. The molecule has 1 aliphatic heterocycles. The Kier molecular flexibility index (Phi) is 9.08. The number of nitrogens with zero attached hydrogens (tertiary/aromatic N) is 2. The van der Waals surface area contributed by atoms with E-state index in [4.69, 9.17) is 4.74 Å². The lowest BCUT2D eigenvalue weighted by atomic mass is 9.96.